The average molecular weight is 417 g/mol. The number of hydrogen-bond donors (Lipinski definition) is 0. The number of piperazine rings is 1. The fraction of sp³-hybridized carbons (Fsp3) is 0.333. The molecule has 3 aromatic rings. The molecule has 3 heterocycles. The molecule has 1 fully saturated rings. The van der Waals surface area contributed by atoms with Crippen molar-refractivity contribution in [1.82, 2.24) is 29.6 Å². The highest BCUT2D eigenvalue weighted by atomic mass is 32.1. The molecule has 4 rings (SSSR count). The molecular formula is C18H20N6O2S2. The molecule has 0 atom stereocenters. The Kier molecular flexibility index (Phi) is 5.51. The Morgan fingerprint density at radius 3 is 2.54 bits per heavy atom. The third-order valence-corrected chi connectivity index (χ3v) is 5.92. The number of benzene rings is 1. The molecule has 0 spiro atoms. The standard InChI is InChI=1S/C18H20N6O2S2/c1-26-15-6-4-14(5-7-15)24-18(27)23(19-20-24)13-21-8-10-22(11-9-21)17(25)16-3-2-12-28-16/h2-7,12H,8-11,13H2,1H3. The van der Waals surface area contributed by atoms with Crippen molar-refractivity contribution in [1.29, 1.82) is 0 Å². The van der Waals surface area contributed by atoms with Gasteiger partial charge in [0.05, 0.1) is 24.3 Å². The maximum absolute atomic E-state index is 12.4. The molecule has 2 aromatic heterocycles. The highest BCUT2D eigenvalue weighted by Gasteiger charge is 2.23. The monoisotopic (exact) mass is 416 g/mol. The van der Waals surface area contributed by atoms with Crippen molar-refractivity contribution in [2.24, 2.45) is 0 Å². The predicted octanol–water partition coefficient (Wildman–Crippen LogP) is 2.28. The van der Waals surface area contributed by atoms with E-state index in [1.165, 1.54) is 11.3 Å². The van der Waals surface area contributed by atoms with E-state index in [9.17, 15) is 4.79 Å². The zero-order valence-electron chi connectivity index (χ0n) is 15.4. The van der Waals surface area contributed by atoms with Gasteiger partial charge in [-0.05, 0) is 58.4 Å². The van der Waals surface area contributed by atoms with E-state index < -0.39 is 0 Å². The molecule has 1 aliphatic heterocycles. The Morgan fingerprint density at radius 1 is 1.14 bits per heavy atom. The molecular weight excluding hydrogens is 396 g/mol. The number of rotatable bonds is 5. The fourth-order valence-corrected chi connectivity index (χ4v) is 4.01. The van der Waals surface area contributed by atoms with Crippen molar-refractivity contribution < 1.29 is 9.53 Å². The number of methoxy groups -OCH3 is 1. The zero-order chi connectivity index (χ0) is 19.5. The van der Waals surface area contributed by atoms with E-state index in [0.717, 1.165) is 29.4 Å². The second-order valence-electron chi connectivity index (χ2n) is 6.40. The van der Waals surface area contributed by atoms with Crippen LogP contribution in [-0.4, -0.2) is 68.8 Å². The van der Waals surface area contributed by atoms with Gasteiger partial charge in [0, 0.05) is 26.2 Å². The Balaban J connectivity index is 1.38. The molecule has 1 amide bonds. The topological polar surface area (TPSA) is 68.4 Å². The summed E-state index contributed by atoms with van der Waals surface area (Å²) in [5.74, 6) is 0.884. The third kappa shape index (κ3) is 3.84. The van der Waals surface area contributed by atoms with E-state index in [-0.39, 0.29) is 5.91 Å². The minimum Gasteiger partial charge on any atom is -0.497 e. The van der Waals surface area contributed by atoms with E-state index in [4.69, 9.17) is 17.0 Å². The molecule has 0 bridgehead atoms. The second kappa shape index (κ2) is 8.21. The van der Waals surface area contributed by atoms with E-state index in [2.05, 4.69) is 15.3 Å². The lowest BCUT2D eigenvalue weighted by Gasteiger charge is -2.34. The van der Waals surface area contributed by atoms with Gasteiger partial charge in [0.1, 0.15) is 5.75 Å². The molecule has 1 saturated heterocycles. The second-order valence-corrected chi connectivity index (χ2v) is 7.71. The van der Waals surface area contributed by atoms with E-state index in [1.807, 2.05) is 46.7 Å². The van der Waals surface area contributed by atoms with Gasteiger partial charge in [0.15, 0.2) is 0 Å². The lowest BCUT2D eigenvalue weighted by Crippen LogP contribution is -2.48. The number of carbonyl (C=O) groups excluding carboxylic acids is 1. The summed E-state index contributed by atoms with van der Waals surface area (Å²) in [6.07, 6.45) is 0. The third-order valence-electron chi connectivity index (χ3n) is 4.68. The normalized spacial score (nSPS) is 15.0. The van der Waals surface area contributed by atoms with Crippen LogP contribution in [0.4, 0.5) is 0 Å². The molecule has 146 valence electrons. The van der Waals surface area contributed by atoms with Crippen molar-refractivity contribution in [2.45, 2.75) is 6.67 Å². The Hall–Kier alpha value is -2.56. The predicted molar refractivity (Wildman–Crippen MR) is 109 cm³/mol. The summed E-state index contributed by atoms with van der Waals surface area (Å²) >= 11 is 7.02. The van der Waals surface area contributed by atoms with Gasteiger partial charge < -0.3 is 9.64 Å². The van der Waals surface area contributed by atoms with Gasteiger partial charge >= 0.3 is 0 Å². The van der Waals surface area contributed by atoms with Crippen LogP contribution in [0.15, 0.2) is 41.8 Å². The highest BCUT2D eigenvalue weighted by molar-refractivity contribution is 7.71. The van der Waals surface area contributed by atoms with Crippen molar-refractivity contribution in [2.75, 3.05) is 33.3 Å². The zero-order valence-corrected chi connectivity index (χ0v) is 17.0. The maximum atomic E-state index is 12.4. The largest absolute Gasteiger partial charge is 0.497 e. The smallest absolute Gasteiger partial charge is 0.264 e. The summed E-state index contributed by atoms with van der Waals surface area (Å²) in [5, 5.41) is 10.3. The van der Waals surface area contributed by atoms with Crippen LogP contribution in [0.1, 0.15) is 9.67 Å². The fourth-order valence-electron chi connectivity index (χ4n) is 3.09. The first-order valence-electron chi connectivity index (χ1n) is 8.88. The van der Waals surface area contributed by atoms with Crippen LogP contribution < -0.4 is 4.74 Å². The molecule has 0 radical (unpaired) electrons. The Labute approximate surface area is 171 Å². The number of amides is 1. The first-order chi connectivity index (χ1) is 13.7. The van der Waals surface area contributed by atoms with E-state index in [1.54, 1.807) is 16.5 Å². The summed E-state index contributed by atoms with van der Waals surface area (Å²) in [4.78, 5) is 17.4. The van der Waals surface area contributed by atoms with Crippen LogP contribution in [0.25, 0.3) is 5.69 Å². The number of nitrogens with zero attached hydrogens (tertiary/aromatic N) is 6. The highest BCUT2D eigenvalue weighted by Crippen LogP contribution is 2.16. The van der Waals surface area contributed by atoms with Crippen LogP contribution in [0, 0.1) is 4.77 Å². The number of tetrazole rings is 1. The van der Waals surface area contributed by atoms with Crippen LogP contribution in [-0.2, 0) is 6.67 Å². The van der Waals surface area contributed by atoms with Gasteiger partial charge in [-0.3, -0.25) is 9.69 Å². The molecule has 1 aromatic carbocycles. The molecule has 28 heavy (non-hydrogen) atoms. The van der Waals surface area contributed by atoms with E-state index in [0.29, 0.717) is 24.5 Å². The minimum atomic E-state index is 0.108. The molecule has 8 nitrogen and oxygen atoms in total. The number of carbonyl (C=O) groups is 1. The van der Waals surface area contributed by atoms with E-state index >= 15 is 0 Å². The number of ether oxygens (including phenoxy) is 1. The van der Waals surface area contributed by atoms with Gasteiger partial charge in [0.2, 0.25) is 4.77 Å². The minimum absolute atomic E-state index is 0.108. The van der Waals surface area contributed by atoms with Gasteiger partial charge in [-0.15, -0.1) is 11.3 Å². The molecule has 0 saturated carbocycles. The molecule has 10 heteroatoms. The average Bonchev–Trinajstić information content (AvgIpc) is 3.39. The molecule has 0 N–H and O–H groups in total. The molecule has 1 aliphatic rings. The first-order valence-corrected chi connectivity index (χ1v) is 10.2. The number of aromatic nitrogens is 4. The SMILES string of the molecule is COc1ccc(-n2nnn(CN3CCN(C(=O)c4cccs4)CC3)c2=S)cc1. The lowest BCUT2D eigenvalue weighted by atomic mass is 10.3. The summed E-state index contributed by atoms with van der Waals surface area (Å²) in [6, 6.07) is 11.3. The van der Waals surface area contributed by atoms with Gasteiger partial charge in [-0.1, -0.05) is 6.07 Å². The number of thiophene rings is 1. The maximum Gasteiger partial charge on any atom is 0.264 e. The van der Waals surface area contributed by atoms with Crippen molar-refractivity contribution in [3.8, 4) is 11.4 Å². The van der Waals surface area contributed by atoms with Crippen LogP contribution in [0.5, 0.6) is 5.75 Å². The van der Waals surface area contributed by atoms with Crippen LogP contribution in [0.2, 0.25) is 0 Å². The van der Waals surface area contributed by atoms with Crippen molar-refractivity contribution in [3.05, 3.63) is 51.4 Å². The lowest BCUT2D eigenvalue weighted by molar-refractivity contribution is 0.0588. The van der Waals surface area contributed by atoms with Crippen LogP contribution >= 0.6 is 23.6 Å². The van der Waals surface area contributed by atoms with Gasteiger partial charge in [-0.2, -0.15) is 4.68 Å². The summed E-state index contributed by atoms with van der Waals surface area (Å²) in [7, 11) is 1.63. The van der Waals surface area contributed by atoms with Crippen molar-refractivity contribution in [3.63, 3.8) is 0 Å². The van der Waals surface area contributed by atoms with Gasteiger partial charge in [0.25, 0.3) is 5.91 Å². The quantitative estimate of drug-likeness (QED) is 0.595. The summed E-state index contributed by atoms with van der Waals surface area (Å²) in [6.45, 7) is 3.48. The van der Waals surface area contributed by atoms with Crippen molar-refractivity contribution >= 4 is 29.5 Å². The molecule has 0 aliphatic carbocycles. The molecule has 0 unspecified atom stereocenters. The Morgan fingerprint density at radius 2 is 1.89 bits per heavy atom. The van der Waals surface area contributed by atoms with Gasteiger partial charge in [-0.25, -0.2) is 4.68 Å². The number of hydrogen-bond acceptors (Lipinski definition) is 7. The Bertz CT molecular complexity index is 988. The summed E-state index contributed by atoms with van der Waals surface area (Å²) in [5.41, 5.74) is 0.836. The van der Waals surface area contributed by atoms with Crippen LogP contribution in [0.3, 0.4) is 0 Å². The summed E-state index contributed by atoms with van der Waals surface area (Å²) < 4.78 is 9.04. The first kappa shape index (κ1) is 18.8.